The fourth-order valence-electron chi connectivity index (χ4n) is 10.2. The number of nitrogens with zero attached hydrogens (tertiary/aromatic N) is 2. The van der Waals surface area contributed by atoms with E-state index in [9.17, 15) is 0 Å². The van der Waals surface area contributed by atoms with Crippen molar-refractivity contribution in [2.75, 3.05) is 9.80 Å². The molecule has 0 bridgehead atoms. The first kappa shape index (κ1) is 44.6. The van der Waals surface area contributed by atoms with Gasteiger partial charge in [-0.1, -0.05) is 171 Å². The van der Waals surface area contributed by atoms with Crippen LogP contribution in [0, 0.1) is 0 Å². The Morgan fingerprint density at radius 3 is 1.51 bits per heavy atom. The van der Waals surface area contributed by atoms with Gasteiger partial charge in [-0.05, 0) is 138 Å². The summed E-state index contributed by atoms with van der Waals surface area (Å²) in [6, 6.07) is 50.2. The van der Waals surface area contributed by atoms with Gasteiger partial charge >= 0.3 is 0 Å². The van der Waals surface area contributed by atoms with Crippen molar-refractivity contribution in [3.05, 3.63) is 161 Å². The molecule has 0 saturated heterocycles. The number of hydrogen-bond acceptors (Lipinski definition) is 4. The van der Waals surface area contributed by atoms with E-state index in [1.54, 1.807) is 0 Å². The van der Waals surface area contributed by atoms with E-state index in [4.69, 9.17) is 9.15 Å². The molecule has 7 aromatic carbocycles. The van der Waals surface area contributed by atoms with Gasteiger partial charge in [-0.15, -0.1) is 0 Å². The van der Waals surface area contributed by atoms with Crippen LogP contribution >= 0.6 is 0 Å². The fraction of sp³-hybridized carbons (Fsp3) is 0.323. The summed E-state index contributed by atoms with van der Waals surface area (Å²) in [6.45, 7) is 34.4. The Kier molecular flexibility index (Phi) is 10.1. The molecule has 0 radical (unpaired) electrons. The largest absolute Gasteiger partial charge is 0.458 e. The summed E-state index contributed by atoms with van der Waals surface area (Å²) < 4.78 is 14.3. The highest BCUT2D eigenvalue weighted by molar-refractivity contribution is 6.99. The predicted molar refractivity (Wildman–Crippen MR) is 288 cm³/mol. The lowest BCUT2D eigenvalue weighted by Gasteiger charge is -2.42. The molecule has 2 aliphatic rings. The van der Waals surface area contributed by atoms with Gasteiger partial charge < -0.3 is 19.0 Å². The molecule has 67 heavy (non-hydrogen) atoms. The van der Waals surface area contributed by atoms with E-state index >= 15 is 0 Å². The summed E-state index contributed by atoms with van der Waals surface area (Å²) in [5, 5.41) is 2.15. The summed E-state index contributed by atoms with van der Waals surface area (Å²) in [7, 11) is 0. The van der Waals surface area contributed by atoms with Gasteiger partial charge in [-0.2, -0.15) is 0 Å². The molecule has 0 saturated carbocycles. The predicted octanol–water partition coefficient (Wildman–Crippen LogP) is 15.9. The van der Waals surface area contributed by atoms with Crippen molar-refractivity contribution in [2.45, 2.75) is 131 Å². The van der Waals surface area contributed by atoms with Crippen LogP contribution in [-0.4, -0.2) is 6.71 Å². The Hall–Kier alpha value is -6.20. The molecule has 0 atom stereocenters. The molecule has 340 valence electrons. The maximum atomic E-state index is 7.19. The van der Waals surface area contributed by atoms with Crippen LogP contribution in [0.5, 0.6) is 11.5 Å². The zero-order valence-electron chi connectivity index (χ0n) is 42.5. The molecular formula is C62H67BN2O2. The second-order valence-electron chi connectivity index (χ2n) is 24.4. The van der Waals surface area contributed by atoms with E-state index in [2.05, 4.69) is 247 Å². The van der Waals surface area contributed by atoms with Crippen LogP contribution < -0.4 is 30.9 Å². The quantitative estimate of drug-likeness (QED) is 0.165. The number of furan rings is 1. The molecular weight excluding hydrogens is 816 g/mol. The van der Waals surface area contributed by atoms with Crippen molar-refractivity contribution < 1.29 is 9.15 Å². The number of ether oxygens (including phenoxy) is 1. The van der Waals surface area contributed by atoms with Crippen LogP contribution in [-0.2, 0) is 27.1 Å². The number of para-hydroxylation sites is 1. The molecule has 8 aromatic rings. The first-order valence-electron chi connectivity index (χ1n) is 24.3. The van der Waals surface area contributed by atoms with Crippen molar-refractivity contribution in [3.63, 3.8) is 0 Å². The molecule has 0 fully saturated rings. The lowest BCUT2D eigenvalue weighted by Crippen LogP contribution is -2.60. The molecule has 0 N–H and O–H groups in total. The third-order valence-corrected chi connectivity index (χ3v) is 14.3. The molecule has 10 rings (SSSR count). The number of hydrogen-bond donors (Lipinski definition) is 0. The first-order valence-corrected chi connectivity index (χ1v) is 24.3. The number of fused-ring (bicyclic) bond motifs is 7. The molecule has 0 spiro atoms. The van der Waals surface area contributed by atoms with Crippen LogP contribution in [0.15, 0.2) is 138 Å². The summed E-state index contributed by atoms with van der Waals surface area (Å²) in [4.78, 5) is 4.91. The van der Waals surface area contributed by atoms with Crippen molar-refractivity contribution in [1.82, 2.24) is 0 Å². The fourth-order valence-corrected chi connectivity index (χ4v) is 10.2. The van der Waals surface area contributed by atoms with Crippen LogP contribution in [0.3, 0.4) is 0 Å². The van der Waals surface area contributed by atoms with E-state index in [1.807, 2.05) is 0 Å². The number of rotatable bonds is 4. The van der Waals surface area contributed by atoms with Gasteiger partial charge in [0.2, 0.25) is 0 Å². The van der Waals surface area contributed by atoms with Crippen LogP contribution in [0.25, 0.3) is 21.9 Å². The highest BCUT2D eigenvalue weighted by Crippen LogP contribution is 2.51. The van der Waals surface area contributed by atoms with E-state index in [0.29, 0.717) is 0 Å². The standard InChI is InChI=1S/C62H67BN2O2/c1-58(2,3)38-20-26-43(27-21-38)64(44-28-22-39(23-29-44)59(4,5)6)50-32-31-49(55-45-18-16-17-19-52(45)67-57(50)55)65-48-30-24-40(60(7,8)9)34-46(48)63-47-35-41(61(10,11)12)25-33-53(47)66-54-37-42(62(13,14)15)36-51(65)56(54)63/h16-37H,1-15H3. The Morgan fingerprint density at radius 1 is 0.433 bits per heavy atom. The zero-order valence-corrected chi connectivity index (χ0v) is 42.5. The molecule has 0 aliphatic carbocycles. The first-order chi connectivity index (χ1) is 31.4. The van der Waals surface area contributed by atoms with Crippen LogP contribution in [0.2, 0.25) is 0 Å². The van der Waals surface area contributed by atoms with E-state index in [0.717, 1.165) is 61.9 Å². The summed E-state index contributed by atoms with van der Waals surface area (Å²) in [6.07, 6.45) is 0. The van der Waals surface area contributed by atoms with E-state index < -0.39 is 0 Å². The Balaban J connectivity index is 1.28. The Bertz CT molecular complexity index is 3170. The normalized spacial score (nSPS) is 14.0. The highest BCUT2D eigenvalue weighted by atomic mass is 16.5. The number of anilines is 6. The SMILES string of the molecule is CC(C)(C)c1ccc(N(c2ccc(C(C)(C)C)cc2)c2ccc(N3c4ccc(C(C)(C)C)cc4B4c5cc(C(C)(C)C)ccc5Oc5cc(C(C)(C)C)cc3c54)c3c2oc2ccccc23)cc1. The van der Waals surface area contributed by atoms with Crippen molar-refractivity contribution in [2.24, 2.45) is 0 Å². The Labute approximate surface area is 400 Å². The van der Waals surface area contributed by atoms with Gasteiger partial charge in [0.1, 0.15) is 17.1 Å². The van der Waals surface area contributed by atoms with Crippen molar-refractivity contribution in [3.8, 4) is 11.5 Å². The molecule has 0 amide bonds. The molecule has 3 heterocycles. The smallest absolute Gasteiger partial charge is 0.256 e. The molecule has 4 nitrogen and oxygen atoms in total. The molecule has 0 unspecified atom stereocenters. The molecule has 1 aromatic heterocycles. The second-order valence-corrected chi connectivity index (χ2v) is 24.4. The van der Waals surface area contributed by atoms with Gasteiger partial charge in [-0.25, -0.2) is 0 Å². The van der Waals surface area contributed by atoms with Crippen molar-refractivity contribution in [1.29, 1.82) is 0 Å². The summed E-state index contributed by atoms with van der Waals surface area (Å²) >= 11 is 0. The topological polar surface area (TPSA) is 28.9 Å². The summed E-state index contributed by atoms with van der Waals surface area (Å²) in [5.41, 5.74) is 18.1. The van der Waals surface area contributed by atoms with Gasteiger partial charge in [0, 0.05) is 28.1 Å². The number of benzene rings is 7. The maximum Gasteiger partial charge on any atom is 0.256 e. The molecule has 5 heteroatoms. The average Bonchev–Trinajstić information content (AvgIpc) is 3.65. The van der Waals surface area contributed by atoms with Gasteiger partial charge in [0.25, 0.3) is 6.71 Å². The van der Waals surface area contributed by atoms with Crippen LogP contribution in [0.1, 0.15) is 132 Å². The van der Waals surface area contributed by atoms with Gasteiger partial charge in [0.15, 0.2) is 5.58 Å². The minimum Gasteiger partial charge on any atom is -0.458 e. The van der Waals surface area contributed by atoms with Gasteiger partial charge in [0.05, 0.1) is 16.8 Å². The van der Waals surface area contributed by atoms with E-state index in [1.165, 1.54) is 49.9 Å². The van der Waals surface area contributed by atoms with Crippen molar-refractivity contribution >= 4 is 79.2 Å². The Morgan fingerprint density at radius 2 is 0.940 bits per heavy atom. The average molecular weight is 883 g/mol. The maximum absolute atomic E-state index is 7.19. The third kappa shape index (κ3) is 7.63. The minimum absolute atomic E-state index is 0.0221. The van der Waals surface area contributed by atoms with E-state index in [-0.39, 0.29) is 33.8 Å². The zero-order chi connectivity index (χ0) is 47.7. The third-order valence-electron chi connectivity index (χ3n) is 14.3. The lowest BCUT2D eigenvalue weighted by atomic mass is 9.33. The second kappa shape index (κ2) is 15.2. The molecule has 2 aliphatic heterocycles. The van der Waals surface area contributed by atoms with Gasteiger partial charge in [-0.3, -0.25) is 0 Å². The van der Waals surface area contributed by atoms with Crippen LogP contribution in [0.4, 0.5) is 34.1 Å². The highest BCUT2D eigenvalue weighted by Gasteiger charge is 2.44. The minimum atomic E-state index is -0.143. The monoisotopic (exact) mass is 883 g/mol. The summed E-state index contributed by atoms with van der Waals surface area (Å²) in [5.74, 6) is 1.86. The lowest BCUT2D eigenvalue weighted by molar-refractivity contribution is 0.482.